The lowest BCUT2D eigenvalue weighted by atomic mass is 9.98. The summed E-state index contributed by atoms with van der Waals surface area (Å²) in [5.41, 5.74) is 5.68. The van der Waals surface area contributed by atoms with Crippen LogP contribution in [-0.4, -0.2) is 56.3 Å². The van der Waals surface area contributed by atoms with Crippen molar-refractivity contribution in [1.29, 1.82) is 0 Å². The van der Waals surface area contributed by atoms with Gasteiger partial charge in [-0.1, -0.05) is 35.9 Å². The summed E-state index contributed by atoms with van der Waals surface area (Å²) in [7, 11) is -3.31. The molecule has 2 unspecified atom stereocenters. The van der Waals surface area contributed by atoms with E-state index in [4.69, 9.17) is 11.6 Å². The Morgan fingerprint density at radius 2 is 1.92 bits per heavy atom. The molecule has 1 aromatic heterocycles. The van der Waals surface area contributed by atoms with Crippen LogP contribution in [0.15, 0.2) is 71.6 Å². The minimum absolute atomic E-state index is 0.0433. The molecular formula is C27H28ClN3O4S2. The molecule has 0 aliphatic carbocycles. The van der Waals surface area contributed by atoms with Gasteiger partial charge in [0.2, 0.25) is 0 Å². The minimum atomic E-state index is -3.31. The van der Waals surface area contributed by atoms with Crippen LogP contribution in [0.1, 0.15) is 17.7 Å². The van der Waals surface area contributed by atoms with Crippen molar-refractivity contribution in [3.05, 3.63) is 76.6 Å². The number of piperidine rings is 1. The van der Waals surface area contributed by atoms with Crippen LogP contribution in [0, 0.1) is 5.92 Å². The molecule has 0 spiro atoms. The van der Waals surface area contributed by atoms with Crippen LogP contribution in [0.3, 0.4) is 0 Å². The molecule has 7 nitrogen and oxygen atoms in total. The molecule has 2 aliphatic heterocycles. The number of hydrazine groups is 1. The highest BCUT2D eigenvalue weighted by atomic mass is 35.5. The van der Waals surface area contributed by atoms with Crippen LogP contribution in [0.5, 0.6) is 0 Å². The molecule has 3 heterocycles. The van der Waals surface area contributed by atoms with E-state index in [0.29, 0.717) is 23.8 Å². The number of sulfone groups is 1. The van der Waals surface area contributed by atoms with E-state index in [1.54, 1.807) is 29.3 Å². The van der Waals surface area contributed by atoms with Gasteiger partial charge in [0.1, 0.15) is 6.04 Å². The summed E-state index contributed by atoms with van der Waals surface area (Å²) in [5, 5.41) is 12.0. The summed E-state index contributed by atoms with van der Waals surface area (Å²) in [6.07, 6.45) is 4.89. The number of hydrogen-bond donors (Lipinski definition) is 2. The van der Waals surface area contributed by atoms with Gasteiger partial charge in [-0.15, -0.1) is 11.3 Å². The molecule has 0 saturated carbocycles. The lowest BCUT2D eigenvalue weighted by molar-refractivity contribution is -0.133. The number of benzene rings is 2. The highest BCUT2D eigenvalue weighted by molar-refractivity contribution is 7.90. The second kappa shape index (κ2) is 10.5. The first kappa shape index (κ1) is 25.8. The summed E-state index contributed by atoms with van der Waals surface area (Å²) in [4.78, 5) is 17.7. The third-order valence-corrected chi connectivity index (χ3v) is 9.31. The fraction of sp³-hybridized carbons (Fsp3) is 0.296. The number of nitrogens with zero attached hydrogens (tertiary/aromatic N) is 2. The molecule has 0 radical (unpaired) electrons. The number of thiophene rings is 1. The number of nitrogens with one attached hydrogen (secondary N) is 1. The predicted molar refractivity (Wildman–Crippen MR) is 148 cm³/mol. The molecule has 2 N–H and O–H groups in total. The molecule has 2 aromatic carbocycles. The Labute approximate surface area is 225 Å². The van der Waals surface area contributed by atoms with Crippen molar-refractivity contribution in [1.82, 2.24) is 10.3 Å². The molecule has 1 amide bonds. The lowest BCUT2D eigenvalue weighted by Crippen LogP contribution is -2.52. The summed E-state index contributed by atoms with van der Waals surface area (Å²) in [5.74, 6) is 0.0463. The minimum Gasteiger partial charge on any atom is -0.396 e. The average molecular weight is 558 g/mol. The lowest BCUT2D eigenvalue weighted by Gasteiger charge is -2.36. The van der Waals surface area contributed by atoms with E-state index < -0.39 is 15.9 Å². The monoisotopic (exact) mass is 557 g/mol. The molecule has 1 fully saturated rings. The third-order valence-electron chi connectivity index (χ3n) is 6.72. The number of aliphatic hydroxyl groups excluding tert-OH is 1. The van der Waals surface area contributed by atoms with E-state index in [0.717, 1.165) is 33.9 Å². The first-order valence-corrected chi connectivity index (χ1v) is 15.2. The third kappa shape index (κ3) is 5.40. The molecule has 194 valence electrons. The number of para-hydroxylation sites is 1. The van der Waals surface area contributed by atoms with Gasteiger partial charge in [0.15, 0.2) is 9.84 Å². The Morgan fingerprint density at radius 3 is 2.68 bits per heavy atom. The van der Waals surface area contributed by atoms with Crippen molar-refractivity contribution < 1.29 is 18.3 Å². The average Bonchev–Trinajstić information content (AvgIpc) is 3.56. The largest absolute Gasteiger partial charge is 0.396 e. The van der Waals surface area contributed by atoms with Crippen LogP contribution in [-0.2, 0) is 14.6 Å². The maximum Gasteiger partial charge on any atom is 0.251 e. The normalized spacial score (nSPS) is 20.0. The topological polar surface area (TPSA) is 90.0 Å². The summed E-state index contributed by atoms with van der Waals surface area (Å²) in [6.45, 7) is 1.26. The van der Waals surface area contributed by atoms with Crippen molar-refractivity contribution >= 4 is 50.1 Å². The van der Waals surface area contributed by atoms with Gasteiger partial charge < -0.3 is 10.0 Å². The SMILES string of the molecule is CS(=O)(=O)c1cccc(-c2ccc(C3=CC(C(=O)N4CCCC(CO)C4)N(c4ccccc4Cl)N3)s2)c1. The second-order valence-electron chi connectivity index (χ2n) is 9.40. The van der Waals surface area contributed by atoms with Crippen molar-refractivity contribution in [2.24, 2.45) is 5.92 Å². The van der Waals surface area contributed by atoms with Crippen molar-refractivity contribution in [2.45, 2.75) is 23.8 Å². The molecular weight excluding hydrogens is 530 g/mol. The molecule has 0 bridgehead atoms. The van der Waals surface area contributed by atoms with Crippen molar-refractivity contribution in [2.75, 3.05) is 31.0 Å². The van der Waals surface area contributed by atoms with Gasteiger partial charge in [0, 0.05) is 30.8 Å². The maximum atomic E-state index is 13.7. The number of likely N-dealkylation sites (tertiary alicyclic amines) is 1. The predicted octanol–water partition coefficient (Wildman–Crippen LogP) is 4.44. The number of aliphatic hydroxyl groups is 1. The van der Waals surface area contributed by atoms with Gasteiger partial charge in [-0.05, 0) is 66.8 Å². The van der Waals surface area contributed by atoms with Gasteiger partial charge >= 0.3 is 0 Å². The van der Waals surface area contributed by atoms with Gasteiger partial charge in [0.05, 0.1) is 26.2 Å². The highest BCUT2D eigenvalue weighted by Crippen LogP contribution is 2.37. The van der Waals surface area contributed by atoms with E-state index in [2.05, 4.69) is 5.43 Å². The number of halogens is 1. The summed E-state index contributed by atoms with van der Waals surface area (Å²) in [6, 6.07) is 17.6. The zero-order valence-corrected chi connectivity index (χ0v) is 22.7. The quantitative estimate of drug-likeness (QED) is 0.466. The van der Waals surface area contributed by atoms with E-state index in [1.807, 2.05) is 47.4 Å². The Morgan fingerprint density at radius 1 is 1.14 bits per heavy atom. The molecule has 3 aromatic rings. The number of rotatable bonds is 6. The molecule has 5 rings (SSSR count). The van der Waals surface area contributed by atoms with E-state index >= 15 is 0 Å². The van der Waals surface area contributed by atoms with E-state index in [9.17, 15) is 18.3 Å². The fourth-order valence-electron chi connectivity index (χ4n) is 4.76. The van der Waals surface area contributed by atoms with E-state index in [1.165, 1.54) is 17.6 Å². The van der Waals surface area contributed by atoms with Crippen molar-refractivity contribution in [3.63, 3.8) is 0 Å². The van der Waals surface area contributed by atoms with Gasteiger partial charge in [-0.3, -0.25) is 15.2 Å². The van der Waals surface area contributed by atoms with E-state index in [-0.39, 0.29) is 23.3 Å². The van der Waals surface area contributed by atoms with Crippen LogP contribution < -0.4 is 10.4 Å². The summed E-state index contributed by atoms with van der Waals surface area (Å²) >= 11 is 8.04. The van der Waals surface area contributed by atoms with Crippen LogP contribution >= 0.6 is 22.9 Å². The summed E-state index contributed by atoms with van der Waals surface area (Å²) < 4.78 is 24.0. The Hall–Kier alpha value is -2.85. The highest BCUT2D eigenvalue weighted by Gasteiger charge is 2.37. The number of amides is 1. The number of anilines is 1. The van der Waals surface area contributed by atoms with Crippen LogP contribution in [0.4, 0.5) is 5.69 Å². The molecule has 2 atom stereocenters. The van der Waals surface area contributed by atoms with Gasteiger partial charge in [-0.2, -0.15) is 0 Å². The Balaban J connectivity index is 1.47. The first-order chi connectivity index (χ1) is 17.7. The smallest absolute Gasteiger partial charge is 0.251 e. The zero-order valence-electron chi connectivity index (χ0n) is 20.3. The fourth-order valence-corrected chi connectivity index (χ4v) is 6.64. The Kier molecular flexibility index (Phi) is 7.31. The zero-order chi connectivity index (χ0) is 26.2. The number of carbonyl (C=O) groups is 1. The molecule has 2 aliphatic rings. The van der Waals surface area contributed by atoms with Gasteiger partial charge in [0.25, 0.3) is 5.91 Å². The van der Waals surface area contributed by atoms with Crippen LogP contribution in [0.2, 0.25) is 5.02 Å². The maximum absolute atomic E-state index is 13.7. The number of carbonyl (C=O) groups excluding carboxylic acids is 1. The van der Waals surface area contributed by atoms with Crippen LogP contribution in [0.25, 0.3) is 16.1 Å². The molecule has 10 heteroatoms. The standard InChI is InChI=1S/C27H28ClN3O4S2/c1-37(34,35)20-8-4-7-19(14-20)25-11-12-26(36-25)22-15-24(27(33)30-13-5-6-18(16-30)17-32)31(29-22)23-10-3-2-9-21(23)28/h2-4,7-12,14-15,18,24,29,32H,5-6,13,16-17H2,1H3. The molecule has 37 heavy (non-hydrogen) atoms. The Bertz CT molecular complexity index is 1450. The molecule has 1 saturated heterocycles. The van der Waals surface area contributed by atoms with Crippen molar-refractivity contribution in [3.8, 4) is 10.4 Å². The number of hydrogen-bond acceptors (Lipinski definition) is 7. The second-order valence-corrected chi connectivity index (χ2v) is 12.9. The van der Waals surface area contributed by atoms with Gasteiger partial charge in [-0.25, -0.2) is 8.42 Å². The first-order valence-electron chi connectivity index (χ1n) is 12.1.